The van der Waals surface area contributed by atoms with Crippen LogP contribution >= 0.6 is 0 Å². The molecule has 0 aromatic carbocycles. The van der Waals surface area contributed by atoms with Gasteiger partial charge in [0.1, 0.15) is 0 Å². The Morgan fingerprint density at radius 3 is 2.69 bits per heavy atom. The summed E-state index contributed by atoms with van der Waals surface area (Å²) in [5.74, 6) is 2.24. The third-order valence-electron chi connectivity index (χ3n) is 1.89. The van der Waals surface area contributed by atoms with Gasteiger partial charge in [-0.05, 0) is 20.3 Å². The zero-order valence-electron chi connectivity index (χ0n) is 8.55. The summed E-state index contributed by atoms with van der Waals surface area (Å²) >= 11 is 0. The molecule has 2 atom stereocenters. The molecule has 0 aromatic rings. The van der Waals surface area contributed by atoms with Crippen LogP contribution in [0.15, 0.2) is 0 Å². The van der Waals surface area contributed by atoms with Crippen LogP contribution in [0.5, 0.6) is 0 Å². The van der Waals surface area contributed by atoms with Crippen LogP contribution in [-0.4, -0.2) is 17.5 Å². The molecule has 1 amide bonds. The molecule has 0 aliphatic carbocycles. The van der Waals surface area contributed by atoms with Gasteiger partial charge in [0.15, 0.2) is 0 Å². The van der Waals surface area contributed by atoms with Gasteiger partial charge >= 0.3 is 0 Å². The number of amides is 1. The van der Waals surface area contributed by atoms with Crippen molar-refractivity contribution in [3.8, 4) is 12.3 Å². The van der Waals surface area contributed by atoms with Gasteiger partial charge in [0.25, 0.3) is 0 Å². The Balaban J connectivity index is 4.18. The predicted molar refractivity (Wildman–Crippen MR) is 53.9 cm³/mol. The summed E-state index contributed by atoms with van der Waals surface area (Å²) in [4.78, 5) is 11.5. The van der Waals surface area contributed by atoms with Crippen LogP contribution in [0.25, 0.3) is 0 Å². The summed E-state index contributed by atoms with van der Waals surface area (Å²) in [7, 11) is 0. The van der Waals surface area contributed by atoms with Gasteiger partial charge in [-0.3, -0.25) is 4.79 Å². The van der Waals surface area contributed by atoms with Gasteiger partial charge in [-0.1, -0.05) is 19.3 Å². The van der Waals surface area contributed by atoms with E-state index >= 15 is 0 Å². The van der Waals surface area contributed by atoms with Crippen molar-refractivity contribution in [1.82, 2.24) is 5.32 Å². The Kier molecular flexibility index (Phi) is 4.50. The highest BCUT2D eigenvalue weighted by molar-refractivity contribution is 5.86. The zero-order chi connectivity index (χ0) is 10.5. The molecule has 3 nitrogen and oxygen atoms in total. The average molecular weight is 182 g/mol. The van der Waals surface area contributed by atoms with Gasteiger partial charge in [0.05, 0.1) is 11.6 Å². The van der Waals surface area contributed by atoms with Crippen molar-refractivity contribution in [2.24, 2.45) is 5.73 Å². The maximum absolute atomic E-state index is 11.5. The lowest BCUT2D eigenvalue weighted by Crippen LogP contribution is -2.53. The van der Waals surface area contributed by atoms with Crippen LogP contribution in [0, 0.1) is 12.3 Å². The Morgan fingerprint density at radius 1 is 1.77 bits per heavy atom. The largest absolute Gasteiger partial charge is 0.341 e. The first-order valence-electron chi connectivity index (χ1n) is 4.50. The highest BCUT2D eigenvalue weighted by Gasteiger charge is 2.27. The number of rotatable bonds is 4. The van der Waals surface area contributed by atoms with Crippen molar-refractivity contribution in [2.75, 3.05) is 0 Å². The van der Waals surface area contributed by atoms with Gasteiger partial charge < -0.3 is 11.1 Å². The Hall–Kier alpha value is -1.01. The lowest BCUT2D eigenvalue weighted by Gasteiger charge is -2.23. The molecule has 0 aliphatic heterocycles. The minimum absolute atomic E-state index is 0.181. The zero-order valence-corrected chi connectivity index (χ0v) is 8.55. The van der Waals surface area contributed by atoms with Crippen LogP contribution in [-0.2, 0) is 4.79 Å². The standard InChI is InChI=1S/C10H18N2O/c1-5-7-10(4,11)9(13)12-8(3)6-2/h2,8H,5,7,11H2,1,3-4H3,(H,12,13). The van der Waals surface area contributed by atoms with E-state index in [2.05, 4.69) is 11.2 Å². The molecule has 0 heterocycles. The molecule has 2 unspecified atom stereocenters. The summed E-state index contributed by atoms with van der Waals surface area (Å²) in [6.45, 7) is 5.46. The van der Waals surface area contributed by atoms with Gasteiger partial charge in [-0.25, -0.2) is 0 Å². The normalized spacial score (nSPS) is 16.8. The Bertz CT molecular complexity index is 215. The van der Waals surface area contributed by atoms with Crippen molar-refractivity contribution < 1.29 is 4.79 Å². The number of terminal acetylenes is 1. The van der Waals surface area contributed by atoms with E-state index in [-0.39, 0.29) is 11.9 Å². The predicted octanol–water partition coefficient (Wildman–Crippen LogP) is 0.642. The van der Waals surface area contributed by atoms with Gasteiger partial charge in [0, 0.05) is 0 Å². The van der Waals surface area contributed by atoms with Crippen molar-refractivity contribution in [2.45, 2.75) is 45.2 Å². The second-order valence-electron chi connectivity index (χ2n) is 3.53. The van der Waals surface area contributed by atoms with Gasteiger partial charge in [0.2, 0.25) is 5.91 Å². The van der Waals surface area contributed by atoms with E-state index < -0.39 is 5.54 Å². The quantitative estimate of drug-likeness (QED) is 0.627. The third kappa shape index (κ3) is 3.95. The number of hydrogen-bond acceptors (Lipinski definition) is 2. The molecule has 0 radical (unpaired) electrons. The maximum atomic E-state index is 11.5. The highest BCUT2D eigenvalue weighted by Crippen LogP contribution is 2.08. The molecule has 0 saturated carbocycles. The molecule has 0 fully saturated rings. The van der Waals surface area contributed by atoms with E-state index in [9.17, 15) is 4.79 Å². The first kappa shape index (κ1) is 12.0. The minimum Gasteiger partial charge on any atom is -0.341 e. The van der Waals surface area contributed by atoms with Crippen LogP contribution < -0.4 is 11.1 Å². The number of carbonyl (C=O) groups is 1. The molecule has 0 bridgehead atoms. The number of carbonyl (C=O) groups excluding carboxylic acids is 1. The van der Waals surface area contributed by atoms with E-state index in [1.807, 2.05) is 6.92 Å². The number of nitrogens with two attached hydrogens (primary N) is 1. The number of nitrogens with one attached hydrogen (secondary N) is 1. The molecule has 0 saturated heterocycles. The van der Waals surface area contributed by atoms with Crippen molar-refractivity contribution >= 4 is 5.91 Å². The average Bonchev–Trinajstić information content (AvgIpc) is 2.04. The summed E-state index contributed by atoms with van der Waals surface area (Å²) in [5.41, 5.74) is 4.99. The van der Waals surface area contributed by atoms with E-state index in [1.165, 1.54) is 0 Å². The van der Waals surface area contributed by atoms with E-state index in [0.29, 0.717) is 6.42 Å². The lowest BCUT2D eigenvalue weighted by atomic mass is 9.96. The summed E-state index contributed by atoms with van der Waals surface area (Å²) in [6.07, 6.45) is 6.67. The fourth-order valence-corrected chi connectivity index (χ4v) is 1.04. The fraction of sp³-hybridized carbons (Fsp3) is 0.700. The molecule has 0 aromatic heterocycles. The fourth-order valence-electron chi connectivity index (χ4n) is 1.04. The molecule has 74 valence electrons. The minimum atomic E-state index is -0.806. The topological polar surface area (TPSA) is 55.1 Å². The molecule has 0 spiro atoms. The molecule has 3 N–H and O–H groups in total. The Labute approximate surface area is 80.1 Å². The molecule has 0 aliphatic rings. The van der Waals surface area contributed by atoms with Crippen molar-refractivity contribution in [3.05, 3.63) is 0 Å². The van der Waals surface area contributed by atoms with Crippen molar-refractivity contribution in [1.29, 1.82) is 0 Å². The van der Waals surface area contributed by atoms with Crippen LogP contribution in [0.2, 0.25) is 0 Å². The number of hydrogen-bond donors (Lipinski definition) is 2. The third-order valence-corrected chi connectivity index (χ3v) is 1.89. The first-order valence-corrected chi connectivity index (χ1v) is 4.50. The molecular formula is C10H18N2O. The molecule has 13 heavy (non-hydrogen) atoms. The summed E-state index contributed by atoms with van der Waals surface area (Å²) in [6, 6.07) is -0.257. The van der Waals surface area contributed by atoms with Gasteiger partial charge in [-0.2, -0.15) is 0 Å². The van der Waals surface area contributed by atoms with Crippen LogP contribution in [0.1, 0.15) is 33.6 Å². The second-order valence-corrected chi connectivity index (χ2v) is 3.53. The van der Waals surface area contributed by atoms with E-state index in [4.69, 9.17) is 12.2 Å². The molecular weight excluding hydrogens is 164 g/mol. The summed E-state index contributed by atoms with van der Waals surface area (Å²) < 4.78 is 0. The first-order chi connectivity index (χ1) is 5.94. The maximum Gasteiger partial charge on any atom is 0.240 e. The van der Waals surface area contributed by atoms with E-state index in [0.717, 1.165) is 6.42 Å². The van der Waals surface area contributed by atoms with Gasteiger partial charge in [-0.15, -0.1) is 6.42 Å². The highest BCUT2D eigenvalue weighted by atomic mass is 16.2. The summed E-state index contributed by atoms with van der Waals surface area (Å²) in [5, 5.41) is 2.65. The molecule has 0 rings (SSSR count). The lowest BCUT2D eigenvalue weighted by molar-refractivity contribution is -0.126. The second kappa shape index (κ2) is 4.88. The monoisotopic (exact) mass is 182 g/mol. The smallest absolute Gasteiger partial charge is 0.240 e. The SMILES string of the molecule is C#CC(C)NC(=O)C(C)(N)CCC. The van der Waals surface area contributed by atoms with E-state index in [1.54, 1.807) is 13.8 Å². The van der Waals surface area contributed by atoms with Crippen LogP contribution in [0.4, 0.5) is 0 Å². The van der Waals surface area contributed by atoms with Crippen molar-refractivity contribution in [3.63, 3.8) is 0 Å². The Morgan fingerprint density at radius 2 is 2.31 bits per heavy atom. The van der Waals surface area contributed by atoms with Crippen LogP contribution in [0.3, 0.4) is 0 Å². The molecule has 3 heteroatoms.